The van der Waals surface area contributed by atoms with Crippen molar-refractivity contribution in [3.63, 3.8) is 0 Å². The minimum Gasteiger partial charge on any atom is -0.390 e. The van der Waals surface area contributed by atoms with Gasteiger partial charge in [-0.15, -0.1) is 0 Å². The zero-order valence-electron chi connectivity index (χ0n) is 11.0. The van der Waals surface area contributed by atoms with Crippen LogP contribution in [0, 0.1) is 0 Å². The fourth-order valence-electron chi connectivity index (χ4n) is 1.61. The van der Waals surface area contributed by atoms with Crippen LogP contribution in [-0.4, -0.2) is 68.7 Å². The minimum atomic E-state index is -4.22. The molecular weight excluding hydrogens is 249 g/mol. The van der Waals surface area contributed by atoms with Crippen LogP contribution in [0.2, 0.25) is 0 Å². The predicted molar refractivity (Wildman–Crippen MR) is 63.5 cm³/mol. The van der Waals surface area contributed by atoms with Gasteiger partial charge in [-0.1, -0.05) is 6.92 Å². The largest absolute Gasteiger partial charge is 0.401 e. The molecule has 0 aliphatic rings. The Morgan fingerprint density at radius 1 is 1.39 bits per heavy atom. The summed E-state index contributed by atoms with van der Waals surface area (Å²) >= 11 is 0. The van der Waals surface area contributed by atoms with E-state index in [9.17, 15) is 18.3 Å². The first-order valence-electron chi connectivity index (χ1n) is 6.06. The molecule has 0 aromatic heterocycles. The minimum absolute atomic E-state index is 0.0212. The van der Waals surface area contributed by atoms with Crippen molar-refractivity contribution in [3.8, 4) is 0 Å². The molecule has 1 unspecified atom stereocenters. The molecule has 0 spiro atoms. The highest BCUT2D eigenvalue weighted by Crippen LogP contribution is 2.16. The van der Waals surface area contributed by atoms with E-state index in [1.807, 2.05) is 6.92 Å². The molecule has 0 aliphatic heterocycles. The fraction of sp³-hybridized carbons (Fsp3) is 1.00. The number of rotatable bonds is 10. The van der Waals surface area contributed by atoms with Crippen LogP contribution in [0.25, 0.3) is 0 Å². The molecule has 0 bridgehead atoms. The zero-order valence-corrected chi connectivity index (χ0v) is 11.0. The molecule has 18 heavy (non-hydrogen) atoms. The van der Waals surface area contributed by atoms with Crippen LogP contribution >= 0.6 is 0 Å². The number of hydrogen-bond donors (Lipinski definition) is 2. The van der Waals surface area contributed by atoms with E-state index >= 15 is 0 Å². The van der Waals surface area contributed by atoms with Gasteiger partial charge in [0.05, 0.1) is 19.3 Å². The van der Waals surface area contributed by atoms with Crippen molar-refractivity contribution in [1.82, 2.24) is 10.2 Å². The molecule has 0 aromatic carbocycles. The fourth-order valence-corrected chi connectivity index (χ4v) is 1.61. The van der Waals surface area contributed by atoms with E-state index in [1.54, 1.807) is 7.11 Å². The van der Waals surface area contributed by atoms with Gasteiger partial charge in [0.2, 0.25) is 0 Å². The van der Waals surface area contributed by atoms with Gasteiger partial charge < -0.3 is 15.2 Å². The van der Waals surface area contributed by atoms with Crippen molar-refractivity contribution >= 4 is 0 Å². The summed E-state index contributed by atoms with van der Waals surface area (Å²) in [5.41, 5.74) is 0. The molecular formula is C11H23F3N2O2. The number of alkyl halides is 3. The number of methoxy groups -OCH3 is 1. The lowest BCUT2D eigenvalue weighted by molar-refractivity contribution is -0.148. The van der Waals surface area contributed by atoms with Crippen LogP contribution < -0.4 is 5.32 Å². The van der Waals surface area contributed by atoms with Crippen molar-refractivity contribution in [2.45, 2.75) is 25.6 Å². The van der Waals surface area contributed by atoms with Crippen LogP contribution in [0.1, 0.15) is 13.3 Å². The van der Waals surface area contributed by atoms with Crippen molar-refractivity contribution in [2.24, 2.45) is 0 Å². The van der Waals surface area contributed by atoms with Crippen LogP contribution in [0.5, 0.6) is 0 Å². The van der Waals surface area contributed by atoms with E-state index < -0.39 is 18.8 Å². The van der Waals surface area contributed by atoms with Crippen LogP contribution in [0.15, 0.2) is 0 Å². The van der Waals surface area contributed by atoms with Gasteiger partial charge in [0.25, 0.3) is 0 Å². The average molecular weight is 272 g/mol. The second-order valence-electron chi connectivity index (χ2n) is 4.20. The number of nitrogens with one attached hydrogen (secondary N) is 1. The van der Waals surface area contributed by atoms with E-state index in [2.05, 4.69) is 5.32 Å². The van der Waals surface area contributed by atoms with E-state index in [0.717, 1.165) is 0 Å². The monoisotopic (exact) mass is 272 g/mol. The van der Waals surface area contributed by atoms with Crippen LogP contribution in [-0.2, 0) is 4.74 Å². The lowest BCUT2D eigenvalue weighted by Crippen LogP contribution is -2.43. The summed E-state index contributed by atoms with van der Waals surface area (Å²) in [6.45, 7) is 2.53. The Labute approximate surface area is 106 Å². The van der Waals surface area contributed by atoms with Gasteiger partial charge in [-0.3, -0.25) is 4.90 Å². The molecule has 0 fully saturated rings. The molecule has 4 nitrogen and oxygen atoms in total. The number of aliphatic hydroxyl groups excluding tert-OH is 1. The Hall–Kier alpha value is -0.370. The molecule has 0 radical (unpaired) electrons. The summed E-state index contributed by atoms with van der Waals surface area (Å²) in [6, 6.07) is 0. The number of aliphatic hydroxyl groups is 1. The number of ether oxygens (including phenoxy) is 1. The third kappa shape index (κ3) is 10.8. The maximum atomic E-state index is 12.3. The predicted octanol–water partition coefficient (Wildman–Crippen LogP) is 0.858. The molecule has 7 heteroatoms. The molecule has 1 atom stereocenters. The first-order valence-corrected chi connectivity index (χ1v) is 6.06. The maximum absolute atomic E-state index is 12.3. The summed E-state index contributed by atoms with van der Waals surface area (Å²) < 4.78 is 41.6. The zero-order chi connectivity index (χ0) is 14.0. The summed E-state index contributed by atoms with van der Waals surface area (Å²) in [5.74, 6) is 0. The Morgan fingerprint density at radius 2 is 2.06 bits per heavy atom. The Kier molecular flexibility index (Phi) is 9.35. The number of hydrogen-bond acceptors (Lipinski definition) is 4. The molecule has 110 valence electrons. The van der Waals surface area contributed by atoms with Crippen molar-refractivity contribution in [1.29, 1.82) is 0 Å². The number of halogens is 3. The Balaban J connectivity index is 3.91. The molecule has 0 rings (SSSR count). The number of nitrogens with zero attached hydrogens (tertiary/aromatic N) is 1. The van der Waals surface area contributed by atoms with Gasteiger partial charge in [-0.2, -0.15) is 13.2 Å². The summed E-state index contributed by atoms with van der Waals surface area (Å²) in [6.07, 6.45) is -4.41. The lowest BCUT2D eigenvalue weighted by Gasteiger charge is -2.25. The Bertz CT molecular complexity index is 203. The highest BCUT2D eigenvalue weighted by molar-refractivity contribution is 4.69. The van der Waals surface area contributed by atoms with Gasteiger partial charge in [0.1, 0.15) is 0 Å². The second kappa shape index (κ2) is 9.55. The van der Waals surface area contributed by atoms with E-state index in [-0.39, 0.29) is 13.1 Å². The van der Waals surface area contributed by atoms with Crippen LogP contribution in [0.3, 0.4) is 0 Å². The molecule has 0 aliphatic carbocycles. The first-order chi connectivity index (χ1) is 8.39. The van der Waals surface area contributed by atoms with Crippen molar-refractivity contribution < 1.29 is 23.0 Å². The second-order valence-corrected chi connectivity index (χ2v) is 4.20. The van der Waals surface area contributed by atoms with Gasteiger partial charge in [-0.05, 0) is 13.0 Å². The quantitative estimate of drug-likeness (QED) is 0.579. The molecule has 0 aromatic rings. The topological polar surface area (TPSA) is 44.7 Å². The molecule has 0 heterocycles. The first kappa shape index (κ1) is 17.6. The van der Waals surface area contributed by atoms with Crippen LogP contribution in [0.4, 0.5) is 13.2 Å². The third-order valence-corrected chi connectivity index (χ3v) is 2.27. The van der Waals surface area contributed by atoms with Gasteiger partial charge in [-0.25, -0.2) is 0 Å². The van der Waals surface area contributed by atoms with Crippen molar-refractivity contribution in [3.05, 3.63) is 0 Å². The SMILES string of the molecule is CCCN(CC(O)CNCCOC)CC(F)(F)F. The van der Waals surface area contributed by atoms with E-state index in [1.165, 1.54) is 4.90 Å². The highest BCUT2D eigenvalue weighted by Gasteiger charge is 2.30. The average Bonchev–Trinajstić information content (AvgIpc) is 2.22. The molecule has 0 amide bonds. The smallest absolute Gasteiger partial charge is 0.390 e. The van der Waals surface area contributed by atoms with E-state index in [0.29, 0.717) is 26.1 Å². The van der Waals surface area contributed by atoms with Gasteiger partial charge in [0, 0.05) is 26.7 Å². The molecule has 2 N–H and O–H groups in total. The normalized spacial score (nSPS) is 14.2. The van der Waals surface area contributed by atoms with E-state index in [4.69, 9.17) is 4.74 Å². The van der Waals surface area contributed by atoms with Crippen molar-refractivity contribution in [2.75, 3.05) is 46.4 Å². The highest BCUT2D eigenvalue weighted by atomic mass is 19.4. The molecule has 0 saturated carbocycles. The molecule has 0 saturated heterocycles. The summed E-state index contributed by atoms with van der Waals surface area (Å²) in [5, 5.41) is 12.5. The van der Waals surface area contributed by atoms with Gasteiger partial charge in [0.15, 0.2) is 0 Å². The summed E-state index contributed by atoms with van der Waals surface area (Å²) in [4.78, 5) is 1.22. The Morgan fingerprint density at radius 3 is 2.56 bits per heavy atom. The lowest BCUT2D eigenvalue weighted by atomic mass is 10.3. The third-order valence-electron chi connectivity index (χ3n) is 2.27. The van der Waals surface area contributed by atoms with Gasteiger partial charge >= 0.3 is 6.18 Å². The standard InChI is InChI=1S/C11H23F3N2O2/c1-3-5-16(9-11(12,13)14)8-10(17)7-15-4-6-18-2/h10,15,17H,3-9H2,1-2H3. The summed E-state index contributed by atoms with van der Waals surface area (Å²) in [7, 11) is 1.56. The maximum Gasteiger partial charge on any atom is 0.401 e.